The summed E-state index contributed by atoms with van der Waals surface area (Å²) in [5.41, 5.74) is 5.40. The van der Waals surface area contributed by atoms with Crippen LogP contribution in [0.3, 0.4) is 0 Å². The largest absolute Gasteiger partial charge is 0.369 e. The predicted octanol–water partition coefficient (Wildman–Crippen LogP) is 1.37. The number of primary amides is 1. The number of halogens is 1. The van der Waals surface area contributed by atoms with Gasteiger partial charge in [-0.2, -0.15) is 4.31 Å². The lowest BCUT2D eigenvalue weighted by Crippen LogP contribution is -2.53. The first-order chi connectivity index (χ1) is 17.4. The Morgan fingerprint density at radius 3 is 2.41 bits per heavy atom. The maximum atomic E-state index is 13.7. The van der Waals surface area contributed by atoms with E-state index in [4.69, 9.17) is 17.3 Å². The Morgan fingerprint density at radius 1 is 1.14 bits per heavy atom. The van der Waals surface area contributed by atoms with Crippen molar-refractivity contribution in [2.24, 2.45) is 5.73 Å². The molecule has 2 aromatic rings. The summed E-state index contributed by atoms with van der Waals surface area (Å²) in [7, 11) is -0.448. The number of rotatable bonds is 11. The van der Waals surface area contributed by atoms with Crippen molar-refractivity contribution in [2.45, 2.75) is 37.2 Å². The van der Waals surface area contributed by atoms with Gasteiger partial charge < -0.3 is 20.4 Å². The van der Waals surface area contributed by atoms with Gasteiger partial charge in [-0.3, -0.25) is 14.4 Å². The highest BCUT2D eigenvalue weighted by Gasteiger charge is 2.45. The topological polar surface area (TPSA) is 124 Å². The predicted molar refractivity (Wildman–Crippen MR) is 142 cm³/mol. The lowest BCUT2D eigenvalue weighted by molar-refractivity contribution is -0.144. The molecule has 2 N–H and O–H groups in total. The Morgan fingerprint density at radius 2 is 1.78 bits per heavy atom. The number of carbonyl (C=O) groups excluding carboxylic acids is 3. The van der Waals surface area contributed by atoms with Crippen molar-refractivity contribution in [3.63, 3.8) is 0 Å². The van der Waals surface area contributed by atoms with E-state index in [1.165, 1.54) is 17.0 Å². The van der Waals surface area contributed by atoms with Crippen LogP contribution < -0.4 is 5.73 Å². The molecule has 1 fully saturated rings. The zero-order valence-electron chi connectivity index (χ0n) is 21.6. The minimum Gasteiger partial charge on any atom is -0.369 e. The van der Waals surface area contributed by atoms with Crippen LogP contribution in [-0.4, -0.2) is 104 Å². The van der Waals surface area contributed by atoms with Crippen LogP contribution in [0.25, 0.3) is 10.8 Å². The minimum absolute atomic E-state index is 0.0696. The quantitative estimate of drug-likeness (QED) is 0.450. The lowest BCUT2D eigenvalue weighted by Gasteiger charge is -2.31. The van der Waals surface area contributed by atoms with Gasteiger partial charge in [0.05, 0.1) is 11.4 Å². The molecular weight excluding hydrogens is 518 g/mol. The SMILES string of the molecule is CCN(CCN(C)C)C(=O)[C@H](C)N1CC[C@H](N(CC(N)=O)S(=O)(=O)c2ccc3cc(Cl)ccc3c2)C1=O. The van der Waals surface area contributed by atoms with Crippen molar-refractivity contribution < 1.29 is 22.8 Å². The van der Waals surface area contributed by atoms with Crippen molar-refractivity contribution in [2.75, 3.05) is 46.8 Å². The van der Waals surface area contributed by atoms with Crippen LogP contribution in [0.2, 0.25) is 5.02 Å². The van der Waals surface area contributed by atoms with Crippen molar-refractivity contribution in [3.05, 3.63) is 41.4 Å². The number of amides is 3. The summed E-state index contributed by atoms with van der Waals surface area (Å²) in [5, 5.41) is 1.90. The van der Waals surface area contributed by atoms with E-state index in [2.05, 4.69) is 0 Å². The maximum Gasteiger partial charge on any atom is 0.245 e. The second-order valence-electron chi connectivity index (χ2n) is 9.40. The average molecular weight is 552 g/mol. The van der Waals surface area contributed by atoms with Gasteiger partial charge in [-0.05, 0) is 69.4 Å². The molecule has 2 atom stereocenters. The summed E-state index contributed by atoms with van der Waals surface area (Å²) in [6.07, 6.45) is 0.135. The van der Waals surface area contributed by atoms with E-state index in [-0.39, 0.29) is 23.8 Å². The van der Waals surface area contributed by atoms with Crippen molar-refractivity contribution in [1.82, 2.24) is 19.0 Å². The molecule has 3 rings (SSSR count). The first-order valence-electron chi connectivity index (χ1n) is 12.1. The molecule has 0 aliphatic carbocycles. The standard InChI is InChI=1S/C25H34ClN5O5S/c1-5-29(13-12-28(3)4)24(33)17(2)30-11-10-22(25(30)34)31(16-23(27)32)37(35,36)21-9-7-18-14-20(26)8-6-19(18)15-21/h6-9,14-15,17,22H,5,10-13,16H2,1-4H3,(H2,27,32)/t17-,22-/m0/s1. The zero-order valence-corrected chi connectivity index (χ0v) is 23.1. The van der Waals surface area contributed by atoms with Gasteiger partial charge in [0.2, 0.25) is 27.7 Å². The van der Waals surface area contributed by atoms with Gasteiger partial charge in [0.1, 0.15) is 12.1 Å². The Balaban J connectivity index is 1.88. The molecule has 1 saturated heterocycles. The van der Waals surface area contributed by atoms with Crippen LogP contribution in [0, 0.1) is 0 Å². The van der Waals surface area contributed by atoms with Gasteiger partial charge in [-0.1, -0.05) is 23.7 Å². The maximum absolute atomic E-state index is 13.7. The lowest BCUT2D eigenvalue weighted by atomic mass is 10.1. The summed E-state index contributed by atoms with van der Waals surface area (Å²) in [6, 6.07) is 7.64. The van der Waals surface area contributed by atoms with Gasteiger partial charge in [0, 0.05) is 31.2 Å². The highest BCUT2D eigenvalue weighted by molar-refractivity contribution is 7.89. The molecule has 0 radical (unpaired) electrons. The normalized spacial score (nSPS) is 17.1. The molecule has 3 amide bonds. The molecule has 1 aliphatic rings. The third-order valence-corrected chi connectivity index (χ3v) is 8.67. The molecule has 12 heteroatoms. The number of fused-ring (bicyclic) bond motifs is 1. The number of likely N-dealkylation sites (tertiary alicyclic amines) is 1. The third kappa shape index (κ3) is 6.40. The van der Waals surface area contributed by atoms with Gasteiger partial charge in [0.25, 0.3) is 0 Å². The Kier molecular flexibility index (Phi) is 9.17. The molecule has 1 heterocycles. The van der Waals surface area contributed by atoms with Crippen LogP contribution in [-0.2, 0) is 24.4 Å². The number of sulfonamides is 1. The van der Waals surface area contributed by atoms with Crippen LogP contribution in [0.1, 0.15) is 20.3 Å². The number of likely N-dealkylation sites (N-methyl/N-ethyl adjacent to an activating group) is 2. The number of nitrogens with zero attached hydrogens (tertiary/aromatic N) is 4. The van der Waals surface area contributed by atoms with Gasteiger partial charge in [-0.15, -0.1) is 0 Å². The van der Waals surface area contributed by atoms with Gasteiger partial charge in [0.15, 0.2) is 0 Å². The van der Waals surface area contributed by atoms with E-state index >= 15 is 0 Å². The smallest absolute Gasteiger partial charge is 0.245 e. The Labute approximate surface area is 223 Å². The highest BCUT2D eigenvalue weighted by atomic mass is 35.5. The van der Waals surface area contributed by atoms with E-state index < -0.39 is 40.5 Å². The summed E-state index contributed by atoms with van der Waals surface area (Å²) in [5.74, 6) is -1.62. The first kappa shape index (κ1) is 28.8. The molecule has 1 aliphatic heterocycles. The first-order valence-corrected chi connectivity index (χ1v) is 13.9. The monoisotopic (exact) mass is 551 g/mol. The molecule has 10 nitrogen and oxygen atoms in total. The summed E-state index contributed by atoms with van der Waals surface area (Å²) in [6.45, 7) is 4.70. The van der Waals surface area contributed by atoms with Crippen molar-refractivity contribution >= 4 is 50.1 Å². The summed E-state index contributed by atoms with van der Waals surface area (Å²) >= 11 is 6.03. The number of nitrogens with two attached hydrogens (primary N) is 1. The van der Waals surface area contributed by atoms with E-state index in [9.17, 15) is 22.8 Å². The number of hydrogen-bond acceptors (Lipinski definition) is 6. The number of hydrogen-bond donors (Lipinski definition) is 1. The van der Waals surface area contributed by atoms with Gasteiger partial charge in [-0.25, -0.2) is 8.42 Å². The molecule has 0 saturated carbocycles. The fourth-order valence-corrected chi connectivity index (χ4v) is 6.28. The minimum atomic E-state index is -4.27. The highest BCUT2D eigenvalue weighted by Crippen LogP contribution is 2.29. The fourth-order valence-electron chi connectivity index (χ4n) is 4.49. The van der Waals surface area contributed by atoms with E-state index in [1.54, 1.807) is 36.1 Å². The summed E-state index contributed by atoms with van der Waals surface area (Å²) < 4.78 is 28.2. The molecular formula is C25H34ClN5O5S. The van der Waals surface area contributed by atoms with E-state index in [0.29, 0.717) is 30.0 Å². The average Bonchev–Trinajstić information content (AvgIpc) is 3.22. The fraction of sp³-hybridized carbons (Fsp3) is 0.480. The molecule has 37 heavy (non-hydrogen) atoms. The second kappa shape index (κ2) is 11.8. The van der Waals surface area contributed by atoms with E-state index in [1.807, 2.05) is 25.9 Å². The molecule has 202 valence electrons. The van der Waals surface area contributed by atoms with Crippen molar-refractivity contribution in [1.29, 1.82) is 0 Å². The molecule has 0 unspecified atom stereocenters. The third-order valence-electron chi connectivity index (χ3n) is 6.59. The summed E-state index contributed by atoms with van der Waals surface area (Å²) in [4.78, 5) is 43.4. The molecule has 2 aromatic carbocycles. The van der Waals surface area contributed by atoms with E-state index in [0.717, 1.165) is 9.69 Å². The van der Waals surface area contributed by atoms with Crippen LogP contribution >= 0.6 is 11.6 Å². The molecule has 0 spiro atoms. The number of carbonyl (C=O) groups is 3. The Bertz CT molecular complexity index is 1290. The van der Waals surface area contributed by atoms with Gasteiger partial charge >= 0.3 is 0 Å². The number of benzene rings is 2. The zero-order chi connectivity index (χ0) is 27.5. The second-order valence-corrected chi connectivity index (χ2v) is 11.7. The van der Waals surface area contributed by atoms with Crippen LogP contribution in [0.5, 0.6) is 0 Å². The molecule has 0 bridgehead atoms. The van der Waals surface area contributed by atoms with Crippen LogP contribution in [0.4, 0.5) is 0 Å². The molecule has 0 aromatic heterocycles. The van der Waals surface area contributed by atoms with Crippen LogP contribution in [0.15, 0.2) is 41.3 Å². The Hall–Kier alpha value is -2.73. The van der Waals surface area contributed by atoms with Crippen molar-refractivity contribution in [3.8, 4) is 0 Å².